The summed E-state index contributed by atoms with van der Waals surface area (Å²) in [5.74, 6) is -2.22. The summed E-state index contributed by atoms with van der Waals surface area (Å²) in [7, 11) is 0. The predicted molar refractivity (Wildman–Crippen MR) is 91.7 cm³/mol. The van der Waals surface area contributed by atoms with E-state index in [0.717, 1.165) is 18.5 Å². The van der Waals surface area contributed by atoms with Crippen LogP contribution >= 0.6 is 24.0 Å². The molecule has 6 heteroatoms. The van der Waals surface area contributed by atoms with Crippen LogP contribution in [0.4, 0.5) is 14.5 Å². The summed E-state index contributed by atoms with van der Waals surface area (Å²) in [6.07, 6.45) is 3.33. The van der Waals surface area contributed by atoms with Crippen LogP contribution in [0.25, 0.3) is 0 Å². The molecule has 0 atom stereocenters. The van der Waals surface area contributed by atoms with E-state index in [-0.39, 0.29) is 42.7 Å². The predicted octanol–water partition coefficient (Wildman–Crippen LogP) is 3.57. The molecular weight excluding hydrogens is 387 g/mol. The Morgan fingerprint density at radius 3 is 2.71 bits per heavy atom. The molecule has 1 aromatic carbocycles. The highest BCUT2D eigenvalue weighted by Crippen LogP contribution is 2.42. The highest BCUT2D eigenvalue weighted by atomic mass is 127. The fourth-order valence-corrected chi connectivity index (χ4v) is 2.98. The minimum atomic E-state index is -2.48. The van der Waals surface area contributed by atoms with E-state index >= 15 is 0 Å². The van der Waals surface area contributed by atoms with Gasteiger partial charge in [0, 0.05) is 25.1 Å². The Labute approximate surface area is 140 Å². The summed E-state index contributed by atoms with van der Waals surface area (Å²) >= 11 is 0. The third kappa shape index (κ3) is 4.05. The van der Waals surface area contributed by atoms with E-state index in [9.17, 15) is 8.78 Å². The average Bonchev–Trinajstić information content (AvgIpc) is 2.81. The first-order valence-corrected chi connectivity index (χ1v) is 7.08. The van der Waals surface area contributed by atoms with Crippen LogP contribution < -0.4 is 11.1 Å². The molecule has 0 amide bonds. The molecule has 2 aliphatic carbocycles. The number of benzene rings is 1. The van der Waals surface area contributed by atoms with Gasteiger partial charge in [-0.1, -0.05) is 6.07 Å². The standard InChI is InChI=1S/C15H19F2N3.HI/c16-15(17)7-10(8-15)9-19-14(18)20-13-5-4-11-2-1-3-12(11)6-13;/h4-6,10H,1-3,7-9H2,(H3,18,19,20);1H. The van der Waals surface area contributed by atoms with Crippen LogP contribution in [0.1, 0.15) is 30.4 Å². The van der Waals surface area contributed by atoms with Gasteiger partial charge in [-0.3, -0.25) is 4.99 Å². The lowest BCUT2D eigenvalue weighted by atomic mass is 9.81. The van der Waals surface area contributed by atoms with Gasteiger partial charge in [-0.15, -0.1) is 24.0 Å². The Hall–Kier alpha value is -0.920. The van der Waals surface area contributed by atoms with Crippen molar-refractivity contribution in [3.05, 3.63) is 29.3 Å². The van der Waals surface area contributed by atoms with Crippen molar-refractivity contribution >= 4 is 35.6 Å². The fraction of sp³-hybridized carbons (Fsp3) is 0.533. The van der Waals surface area contributed by atoms with Gasteiger partial charge in [-0.25, -0.2) is 8.78 Å². The Morgan fingerprint density at radius 2 is 2.00 bits per heavy atom. The molecule has 116 valence electrons. The Balaban J connectivity index is 0.00000161. The Kier molecular flexibility index (Phi) is 5.06. The number of hydrogen-bond acceptors (Lipinski definition) is 1. The lowest BCUT2D eigenvalue weighted by Crippen LogP contribution is -2.37. The van der Waals surface area contributed by atoms with Gasteiger partial charge in [0.2, 0.25) is 5.92 Å². The quantitative estimate of drug-likeness (QED) is 0.458. The average molecular weight is 407 g/mol. The van der Waals surface area contributed by atoms with Gasteiger partial charge in [0.15, 0.2) is 5.96 Å². The van der Waals surface area contributed by atoms with Gasteiger partial charge in [0.05, 0.1) is 0 Å². The second-order valence-corrected chi connectivity index (χ2v) is 5.82. The van der Waals surface area contributed by atoms with Gasteiger partial charge in [0.25, 0.3) is 0 Å². The van der Waals surface area contributed by atoms with Crippen molar-refractivity contribution < 1.29 is 8.78 Å². The third-order valence-corrected chi connectivity index (χ3v) is 4.07. The monoisotopic (exact) mass is 407 g/mol. The van der Waals surface area contributed by atoms with Crippen molar-refractivity contribution in [3.63, 3.8) is 0 Å². The summed E-state index contributed by atoms with van der Waals surface area (Å²) in [6, 6.07) is 6.21. The highest BCUT2D eigenvalue weighted by Gasteiger charge is 2.44. The third-order valence-electron chi connectivity index (χ3n) is 4.07. The van der Waals surface area contributed by atoms with Crippen LogP contribution in [0.2, 0.25) is 0 Å². The van der Waals surface area contributed by atoms with Gasteiger partial charge >= 0.3 is 0 Å². The topological polar surface area (TPSA) is 50.4 Å². The normalized spacial score (nSPS) is 20.4. The molecule has 0 bridgehead atoms. The molecule has 2 aliphatic rings. The number of aliphatic imine (C=N–C) groups is 1. The molecule has 0 aliphatic heterocycles. The van der Waals surface area contributed by atoms with Crippen LogP contribution in [-0.4, -0.2) is 18.4 Å². The van der Waals surface area contributed by atoms with Crippen LogP contribution in [0.3, 0.4) is 0 Å². The summed E-state index contributed by atoms with van der Waals surface area (Å²) < 4.78 is 25.4. The number of rotatable bonds is 3. The van der Waals surface area contributed by atoms with Crippen LogP contribution in [-0.2, 0) is 12.8 Å². The number of halogens is 3. The van der Waals surface area contributed by atoms with Crippen molar-refractivity contribution in [1.29, 1.82) is 0 Å². The molecule has 0 spiro atoms. The minimum absolute atomic E-state index is 0. The zero-order chi connectivity index (χ0) is 14.2. The van der Waals surface area contributed by atoms with E-state index in [1.54, 1.807) is 0 Å². The summed E-state index contributed by atoms with van der Waals surface area (Å²) in [4.78, 5) is 4.15. The molecule has 3 rings (SSSR count). The van der Waals surface area contributed by atoms with Gasteiger partial charge < -0.3 is 11.1 Å². The summed E-state index contributed by atoms with van der Waals surface area (Å²) in [5.41, 5.74) is 9.49. The van der Waals surface area contributed by atoms with Crippen molar-refractivity contribution in [2.24, 2.45) is 16.6 Å². The number of alkyl halides is 2. The van der Waals surface area contributed by atoms with Crippen LogP contribution in [0.5, 0.6) is 0 Å². The van der Waals surface area contributed by atoms with Crippen molar-refractivity contribution in [1.82, 2.24) is 0 Å². The fourth-order valence-electron chi connectivity index (χ4n) is 2.98. The van der Waals surface area contributed by atoms with Gasteiger partial charge in [0.1, 0.15) is 0 Å². The summed E-state index contributed by atoms with van der Waals surface area (Å²) in [5, 5.41) is 3.04. The molecular formula is C15H20F2IN3. The molecule has 21 heavy (non-hydrogen) atoms. The largest absolute Gasteiger partial charge is 0.370 e. The van der Waals surface area contributed by atoms with Gasteiger partial charge in [-0.05, 0) is 48.4 Å². The van der Waals surface area contributed by atoms with E-state index < -0.39 is 5.92 Å². The maximum Gasteiger partial charge on any atom is 0.248 e. The second-order valence-electron chi connectivity index (χ2n) is 5.82. The van der Waals surface area contributed by atoms with Crippen molar-refractivity contribution in [2.75, 3.05) is 11.9 Å². The van der Waals surface area contributed by atoms with E-state index in [4.69, 9.17) is 5.73 Å². The van der Waals surface area contributed by atoms with Gasteiger partial charge in [-0.2, -0.15) is 0 Å². The van der Waals surface area contributed by atoms with E-state index in [0.29, 0.717) is 12.5 Å². The number of hydrogen-bond donors (Lipinski definition) is 2. The number of nitrogens with one attached hydrogen (secondary N) is 1. The smallest absolute Gasteiger partial charge is 0.248 e. The zero-order valence-electron chi connectivity index (χ0n) is 11.7. The van der Waals surface area contributed by atoms with E-state index in [2.05, 4.69) is 22.4 Å². The number of aryl methyl sites for hydroxylation is 2. The van der Waals surface area contributed by atoms with E-state index in [1.807, 2.05) is 6.07 Å². The molecule has 1 aromatic rings. The second kappa shape index (κ2) is 6.46. The highest BCUT2D eigenvalue weighted by molar-refractivity contribution is 14.0. The molecule has 0 radical (unpaired) electrons. The first-order valence-electron chi connectivity index (χ1n) is 7.08. The maximum absolute atomic E-state index is 12.7. The molecule has 1 fully saturated rings. The van der Waals surface area contributed by atoms with Crippen LogP contribution in [0, 0.1) is 5.92 Å². The lowest BCUT2D eigenvalue weighted by molar-refractivity contribution is -0.107. The molecule has 3 N–H and O–H groups in total. The number of nitrogens with zero attached hydrogens (tertiary/aromatic N) is 1. The maximum atomic E-state index is 12.7. The number of guanidine groups is 1. The number of fused-ring (bicyclic) bond motifs is 1. The number of nitrogens with two attached hydrogens (primary N) is 1. The van der Waals surface area contributed by atoms with Crippen LogP contribution in [0.15, 0.2) is 23.2 Å². The van der Waals surface area contributed by atoms with Crippen molar-refractivity contribution in [2.45, 2.75) is 38.0 Å². The van der Waals surface area contributed by atoms with Crippen molar-refractivity contribution in [3.8, 4) is 0 Å². The molecule has 0 saturated heterocycles. The number of anilines is 1. The van der Waals surface area contributed by atoms with E-state index in [1.165, 1.54) is 17.5 Å². The lowest BCUT2D eigenvalue weighted by Gasteiger charge is -2.33. The molecule has 0 aromatic heterocycles. The first-order chi connectivity index (χ1) is 9.52. The molecule has 1 saturated carbocycles. The molecule has 0 unspecified atom stereocenters. The summed E-state index contributed by atoms with van der Waals surface area (Å²) in [6.45, 7) is 0.374. The minimum Gasteiger partial charge on any atom is -0.370 e. The Morgan fingerprint density at radius 1 is 1.29 bits per heavy atom. The SMILES string of the molecule is I.NC(=NCC1CC(F)(F)C1)Nc1ccc2c(c1)CCC2. The Bertz CT molecular complexity index is 538. The molecule has 3 nitrogen and oxygen atoms in total. The zero-order valence-corrected chi connectivity index (χ0v) is 14.1. The molecule has 0 heterocycles. The first kappa shape index (κ1) is 16.5.